The Morgan fingerprint density at radius 1 is 1.00 bits per heavy atom. The Morgan fingerprint density at radius 3 is 2.34 bits per heavy atom. The summed E-state index contributed by atoms with van der Waals surface area (Å²) in [6, 6.07) is 13.5. The summed E-state index contributed by atoms with van der Waals surface area (Å²) >= 11 is 0. The average molecular weight is 416 g/mol. The zero-order chi connectivity index (χ0) is 21.0. The molecule has 1 aliphatic heterocycles. The number of aryl methyl sites for hydroxylation is 1. The predicted molar refractivity (Wildman–Crippen MR) is 108 cm³/mol. The van der Waals surface area contributed by atoms with Crippen LogP contribution in [-0.2, 0) is 26.2 Å². The number of piperazine rings is 1. The molecule has 1 aliphatic rings. The second-order valence-electron chi connectivity index (χ2n) is 7.00. The van der Waals surface area contributed by atoms with E-state index in [1.54, 1.807) is 4.90 Å². The summed E-state index contributed by atoms with van der Waals surface area (Å²) in [6.07, 6.45) is 0. The Kier molecular flexibility index (Phi) is 6.34. The van der Waals surface area contributed by atoms with Gasteiger partial charge in [-0.25, -0.2) is 13.2 Å². The van der Waals surface area contributed by atoms with Crippen LogP contribution in [0.5, 0.6) is 0 Å². The summed E-state index contributed by atoms with van der Waals surface area (Å²) in [6.45, 7) is 4.70. The lowest BCUT2D eigenvalue weighted by atomic mass is 10.1. The summed E-state index contributed by atoms with van der Waals surface area (Å²) in [5.74, 6) is -0.648. The zero-order valence-electron chi connectivity index (χ0n) is 16.5. The summed E-state index contributed by atoms with van der Waals surface area (Å²) in [4.78, 5) is 25.5. The third kappa shape index (κ3) is 5.02. The first-order chi connectivity index (χ1) is 13.8. The molecule has 2 aromatic rings. The maximum atomic E-state index is 12.9. The van der Waals surface area contributed by atoms with E-state index in [2.05, 4.69) is 0 Å². The molecule has 0 aromatic heterocycles. The van der Waals surface area contributed by atoms with Crippen LogP contribution in [0.1, 0.15) is 28.4 Å². The number of carbonyl (C=O) groups excluding carboxylic acids is 2. The first kappa shape index (κ1) is 21.0. The molecular formula is C21H24N2O5S. The van der Waals surface area contributed by atoms with Crippen LogP contribution in [0.2, 0.25) is 0 Å². The van der Waals surface area contributed by atoms with E-state index in [1.807, 2.05) is 31.2 Å². The highest BCUT2D eigenvalue weighted by Gasteiger charge is 2.29. The normalized spacial score (nSPS) is 15.2. The smallest absolute Gasteiger partial charge is 0.338 e. The minimum atomic E-state index is -3.75. The zero-order valence-corrected chi connectivity index (χ0v) is 17.3. The third-order valence-electron chi connectivity index (χ3n) is 4.84. The minimum absolute atomic E-state index is 0.0405. The van der Waals surface area contributed by atoms with Gasteiger partial charge in [-0.05, 0) is 30.7 Å². The lowest BCUT2D eigenvalue weighted by molar-refractivity contribution is -0.129. The second-order valence-corrected chi connectivity index (χ2v) is 8.94. The first-order valence-electron chi connectivity index (χ1n) is 9.36. The van der Waals surface area contributed by atoms with E-state index in [1.165, 1.54) is 35.5 Å². The van der Waals surface area contributed by atoms with E-state index >= 15 is 0 Å². The van der Waals surface area contributed by atoms with Gasteiger partial charge in [0.1, 0.15) is 6.61 Å². The highest BCUT2D eigenvalue weighted by atomic mass is 32.2. The van der Waals surface area contributed by atoms with Crippen LogP contribution in [0.25, 0.3) is 0 Å². The molecule has 154 valence electrons. The average Bonchev–Trinajstić information content (AvgIpc) is 2.72. The maximum Gasteiger partial charge on any atom is 0.338 e. The van der Waals surface area contributed by atoms with Crippen molar-refractivity contribution in [3.8, 4) is 0 Å². The summed E-state index contributed by atoms with van der Waals surface area (Å²) in [5, 5.41) is 0. The van der Waals surface area contributed by atoms with Gasteiger partial charge in [0.15, 0.2) is 0 Å². The summed E-state index contributed by atoms with van der Waals surface area (Å²) in [5.41, 5.74) is 2.11. The van der Waals surface area contributed by atoms with Crippen molar-refractivity contribution in [3.05, 3.63) is 65.2 Å². The standard InChI is InChI=1S/C21H24N2O5S/c1-16-5-3-6-18(13-16)15-28-21(25)19-7-4-8-20(14-19)29(26,27)23-11-9-22(10-12-23)17(2)24/h3-8,13-14H,9-12,15H2,1-2H3. The van der Waals surface area contributed by atoms with Gasteiger partial charge in [0.25, 0.3) is 0 Å². The van der Waals surface area contributed by atoms with Crippen molar-refractivity contribution in [2.45, 2.75) is 25.3 Å². The van der Waals surface area contributed by atoms with Gasteiger partial charge in [-0.2, -0.15) is 4.31 Å². The molecule has 0 saturated carbocycles. The van der Waals surface area contributed by atoms with Crippen LogP contribution in [0.15, 0.2) is 53.4 Å². The van der Waals surface area contributed by atoms with E-state index in [4.69, 9.17) is 4.74 Å². The van der Waals surface area contributed by atoms with Gasteiger partial charge >= 0.3 is 5.97 Å². The largest absolute Gasteiger partial charge is 0.457 e. The van der Waals surface area contributed by atoms with Crippen LogP contribution in [0.4, 0.5) is 0 Å². The van der Waals surface area contributed by atoms with Gasteiger partial charge in [-0.1, -0.05) is 35.9 Å². The predicted octanol–water partition coefficient (Wildman–Crippen LogP) is 2.20. The molecule has 7 nitrogen and oxygen atoms in total. The van der Waals surface area contributed by atoms with E-state index in [9.17, 15) is 18.0 Å². The van der Waals surface area contributed by atoms with Gasteiger partial charge in [0.05, 0.1) is 10.5 Å². The Balaban J connectivity index is 1.69. The number of hydrogen-bond acceptors (Lipinski definition) is 5. The van der Waals surface area contributed by atoms with Crippen molar-refractivity contribution in [2.24, 2.45) is 0 Å². The molecule has 3 rings (SSSR count). The molecule has 0 atom stereocenters. The van der Waals surface area contributed by atoms with Crippen LogP contribution in [-0.4, -0.2) is 55.7 Å². The van der Waals surface area contributed by atoms with Gasteiger partial charge in [0, 0.05) is 33.1 Å². The molecule has 2 aromatic carbocycles. The first-order valence-corrected chi connectivity index (χ1v) is 10.8. The number of amides is 1. The number of rotatable bonds is 5. The molecule has 1 heterocycles. The van der Waals surface area contributed by atoms with Crippen molar-refractivity contribution in [1.29, 1.82) is 0 Å². The summed E-state index contributed by atoms with van der Waals surface area (Å²) in [7, 11) is -3.75. The Bertz CT molecular complexity index is 1010. The van der Waals surface area contributed by atoms with Gasteiger partial charge < -0.3 is 9.64 Å². The molecule has 1 saturated heterocycles. The monoisotopic (exact) mass is 416 g/mol. The van der Waals surface area contributed by atoms with Gasteiger partial charge in [-0.15, -0.1) is 0 Å². The molecule has 8 heteroatoms. The molecule has 0 aliphatic carbocycles. The number of carbonyl (C=O) groups is 2. The van der Waals surface area contributed by atoms with Crippen LogP contribution < -0.4 is 0 Å². The van der Waals surface area contributed by atoms with Crippen molar-refractivity contribution in [2.75, 3.05) is 26.2 Å². The van der Waals surface area contributed by atoms with Gasteiger partial charge in [0.2, 0.25) is 15.9 Å². The minimum Gasteiger partial charge on any atom is -0.457 e. The maximum absolute atomic E-state index is 12.9. The Hall–Kier alpha value is -2.71. The Labute approximate surface area is 170 Å². The molecule has 0 N–H and O–H groups in total. The third-order valence-corrected chi connectivity index (χ3v) is 6.74. The molecule has 1 fully saturated rings. The van der Waals surface area contributed by atoms with E-state index < -0.39 is 16.0 Å². The molecule has 0 bridgehead atoms. The molecular weight excluding hydrogens is 392 g/mol. The van der Waals surface area contributed by atoms with Gasteiger partial charge in [-0.3, -0.25) is 4.79 Å². The molecule has 0 radical (unpaired) electrons. The number of nitrogens with zero attached hydrogens (tertiary/aromatic N) is 2. The fourth-order valence-corrected chi connectivity index (χ4v) is 4.68. The number of sulfonamides is 1. The van der Waals surface area contributed by atoms with Crippen LogP contribution in [0.3, 0.4) is 0 Å². The quantitative estimate of drug-likeness (QED) is 0.698. The number of benzene rings is 2. The van der Waals surface area contributed by atoms with Crippen LogP contribution >= 0.6 is 0 Å². The molecule has 29 heavy (non-hydrogen) atoms. The van der Waals surface area contributed by atoms with Crippen molar-refractivity contribution < 1.29 is 22.7 Å². The lowest BCUT2D eigenvalue weighted by Gasteiger charge is -2.33. The SMILES string of the molecule is CC(=O)N1CCN(S(=O)(=O)c2cccc(C(=O)OCc3cccc(C)c3)c2)CC1. The van der Waals surface area contributed by atoms with Crippen molar-refractivity contribution in [1.82, 2.24) is 9.21 Å². The van der Waals surface area contributed by atoms with Crippen LogP contribution in [0, 0.1) is 6.92 Å². The number of esters is 1. The van der Waals surface area contributed by atoms with Crippen molar-refractivity contribution >= 4 is 21.9 Å². The molecule has 0 unspecified atom stereocenters. The fraction of sp³-hybridized carbons (Fsp3) is 0.333. The number of ether oxygens (including phenoxy) is 1. The van der Waals surface area contributed by atoms with E-state index in [-0.39, 0.29) is 36.1 Å². The molecule has 0 spiro atoms. The fourth-order valence-electron chi connectivity index (χ4n) is 3.21. The van der Waals surface area contributed by atoms with E-state index in [0.29, 0.717) is 13.1 Å². The van der Waals surface area contributed by atoms with Crippen molar-refractivity contribution in [3.63, 3.8) is 0 Å². The summed E-state index contributed by atoms with van der Waals surface area (Å²) < 4.78 is 32.5. The highest BCUT2D eigenvalue weighted by Crippen LogP contribution is 2.20. The topological polar surface area (TPSA) is 84.0 Å². The highest BCUT2D eigenvalue weighted by molar-refractivity contribution is 7.89. The van der Waals surface area contributed by atoms with E-state index in [0.717, 1.165) is 11.1 Å². The second kappa shape index (κ2) is 8.75. The number of hydrogen-bond donors (Lipinski definition) is 0. The molecule has 1 amide bonds. The lowest BCUT2D eigenvalue weighted by Crippen LogP contribution is -2.49. The Morgan fingerprint density at radius 2 is 1.69 bits per heavy atom.